The van der Waals surface area contributed by atoms with Crippen LogP contribution in [0.5, 0.6) is 0 Å². The molecule has 3 nitrogen and oxygen atoms in total. The quantitative estimate of drug-likeness (QED) is 0.634. The van der Waals surface area contributed by atoms with Crippen molar-refractivity contribution in [2.75, 3.05) is 20.6 Å². The van der Waals surface area contributed by atoms with Gasteiger partial charge in [-0.2, -0.15) is 0 Å². The molecule has 128 valence electrons. The van der Waals surface area contributed by atoms with Crippen molar-refractivity contribution in [3.63, 3.8) is 0 Å². The summed E-state index contributed by atoms with van der Waals surface area (Å²) in [6.07, 6.45) is 1.89. The molecular weight excluding hydrogens is 315 g/mol. The molecule has 4 heteroatoms. The number of rotatable bonds is 6. The fourth-order valence-electron chi connectivity index (χ4n) is 2.96. The average Bonchev–Trinajstić information content (AvgIpc) is 3.04. The predicted molar refractivity (Wildman–Crippen MR) is 98.3 cm³/mol. The minimum atomic E-state index is -0.244. The molecule has 0 aliphatic rings. The summed E-state index contributed by atoms with van der Waals surface area (Å²) in [7, 11) is 3.75. The third-order valence-electron chi connectivity index (χ3n) is 4.10. The second-order valence-corrected chi connectivity index (χ2v) is 6.32. The Hall–Kier alpha value is -2.72. The minimum absolute atomic E-state index is 0.0679. The van der Waals surface area contributed by atoms with Crippen LogP contribution in [-0.2, 0) is 6.54 Å². The molecule has 0 saturated carbocycles. The highest BCUT2D eigenvalue weighted by Crippen LogP contribution is 2.27. The van der Waals surface area contributed by atoms with E-state index >= 15 is 0 Å². The lowest BCUT2D eigenvalue weighted by Crippen LogP contribution is -2.23. The van der Waals surface area contributed by atoms with Crippen LogP contribution in [0.4, 0.5) is 4.39 Å². The number of likely N-dealkylation sites (N-methyl/N-ethyl adjacent to an activating group) is 1. The number of aromatic nitrogens is 1. The molecule has 2 aromatic carbocycles. The van der Waals surface area contributed by atoms with E-state index in [1.165, 1.54) is 6.07 Å². The molecule has 3 rings (SSSR count). The molecule has 1 aromatic heterocycles. The third-order valence-corrected chi connectivity index (χ3v) is 4.10. The van der Waals surface area contributed by atoms with Crippen molar-refractivity contribution in [1.82, 2.24) is 9.47 Å². The van der Waals surface area contributed by atoms with Crippen LogP contribution in [0.15, 0.2) is 66.9 Å². The molecular formula is C21H21FN2O. The van der Waals surface area contributed by atoms with Gasteiger partial charge >= 0.3 is 0 Å². The van der Waals surface area contributed by atoms with Crippen LogP contribution in [-0.4, -0.2) is 35.9 Å². The van der Waals surface area contributed by atoms with Gasteiger partial charge in [0.15, 0.2) is 5.78 Å². The van der Waals surface area contributed by atoms with E-state index in [1.807, 2.05) is 72.2 Å². The van der Waals surface area contributed by atoms with Crippen LogP contribution in [0, 0.1) is 5.82 Å². The number of carbonyl (C=O) groups is 1. The van der Waals surface area contributed by atoms with Gasteiger partial charge in [-0.25, -0.2) is 4.39 Å². The van der Waals surface area contributed by atoms with E-state index in [4.69, 9.17) is 0 Å². The lowest BCUT2D eigenvalue weighted by Gasteiger charge is -2.14. The number of Topliss-reactive ketones (excluding diaryl/α,β-unsaturated/α-hetero) is 1. The van der Waals surface area contributed by atoms with Crippen molar-refractivity contribution < 1.29 is 9.18 Å². The molecule has 25 heavy (non-hydrogen) atoms. The summed E-state index contributed by atoms with van der Waals surface area (Å²) in [5, 5.41) is 0. The molecule has 0 atom stereocenters. The first-order valence-electron chi connectivity index (χ1n) is 8.22. The van der Waals surface area contributed by atoms with Gasteiger partial charge in [-0.05, 0) is 43.4 Å². The number of ketones is 1. The van der Waals surface area contributed by atoms with Crippen molar-refractivity contribution in [2.24, 2.45) is 0 Å². The molecule has 0 aliphatic carbocycles. The Bertz CT molecular complexity index is 883. The first-order chi connectivity index (χ1) is 12.1. The molecule has 0 spiro atoms. The Balaban J connectivity index is 1.95. The molecule has 0 N–H and O–H groups in total. The molecule has 0 amide bonds. The highest BCUT2D eigenvalue weighted by Gasteiger charge is 2.14. The number of benzene rings is 2. The van der Waals surface area contributed by atoms with Crippen molar-refractivity contribution in [1.29, 1.82) is 0 Å². The maximum atomic E-state index is 14.2. The standard InChI is InChI=1S/C21H21FN2O/c1-23(2)15-21(25)20-12-7-13-24(20)14-16-8-3-4-9-17(16)18-10-5-6-11-19(18)22/h3-13H,14-15H2,1-2H3. The van der Waals surface area contributed by atoms with Gasteiger partial charge in [-0.1, -0.05) is 42.5 Å². The zero-order chi connectivity index (χ0) is 17.8. The monoisotopic (exact) mass is 336 g/mol. The summed E-state index contributed by atoms with van der Waals surface area (Å²) in [5.74, 6) is -0.176. The van der Waals surface area contributed by atoms with Gasteiger partial charge < -0.3 is 9.47 Å². The molecule has 0 saturated heterocycles. The summed E-state index contributed by atoms with van der Waals surface area (Å²) in [4.78, 5) is 14.3. The van der Waals surface area contributed by atoms with E-state index in [0.717, 1.165) is 11.1 Å². The maximum Gasteiger partial charge on any atom is 0.193 e. The zero-order valence-corrected chi connectivity index (χ0v) is 14.4. The van der Waals surface area contributed by atoms with Crippen molar-refractivity contribution in [3.8, 4) is 11.1 Å². The summed E-state index contributed by atoms with van der Waals surface area (Å²) in [6, 6.07) is 18.2. The van der Waals surface area contributed by atoms with Crippen LogP contribution in [0.3, 0.4) is 0 Å². The van der Waals surface area contributed by atoms with Crippen molar-refractivity contribution in [3.05, 3.63) is 83.9 Å². The van der Waals surface area contributed by atoms with Crippen molar-refractivity contribution >= 4 is 5.78 Å². The second kappa shape index (κ2) is 7.45. The summed E-state index contributed by atoms with van der Waals surface area (Å²) in [6.45, 7) is 0.880. The van der Waals surface area contributed by atoms with E-state index in [0.29, 0.717) is 24.3 Å². The highest BCUT2D eigenvalue weighted by atomic mass is 19.1. The van der Waals surface area contributed by atoms with Crippen LogP contribution in [0.25, 0.3) is 11.1 Å². The molecule has 0 radical (unpaired) electrons. The first kappa shape index (κ1) is 17.1. The molecule has 0 unspecified atom stereocenters. The van der Waals surface area contributed by atoms with Gasteiger partial charge in [0, 0.05) is 18.3 Å². The number of nitrogens with zero attached hydrogens (tertiary/aromatic N) is 2. The SMILES string of the molecule is CN(C)CC(=O)c1cccn1Cc1ccccc1-c1ccccc1F. The van der Waals surface area contributed by atoms with Gasteiger partial charge in [0.25, 0.3) is 0 Å². The smallest absolute Gasteiger partial charge is 0.193 e. The Morgan fingerprint density at radius 2 is 1.64 bits per heavy atom. The van der Waals surface area contributed by atoms with E-state index < -0.39 is 0 Å². The van der Waals surface area contributed by atoms with E-state index in [2.05, 4.69) is 0 Å². The first-order valence-corrected chi connectivity index (χ1v) is 8.22. The summed E-state index contributed by atoms with van der Waals surface area (Å²) < 4.78 is 16.1. The minimum Gasteiger partial charge on any atom is -0.341 e. The number of carbonyl (C=O) groups excluding carboxylic acids is 1. The molecule has 3 aromatic rings. The fraction of sp³-hybridized carbons (Fsp3) is 0.190. The Labute approximate surface area is 147 Å². The zero-order valence-electron chi connectivity index (χ0n) is 14.4. The lowest BCUT2D eigenvalue weighted by molar-refractivity contribution is 0.0949. The van der Waals surface area contributed by atoms with Crippen LogP contribution < -0.4 is 0 Å². The highest BCUT2D eigenvalue weighted by molar-refractivity contribution is 5.96. The lowest BCUT2D eigenvalue weighted by atomic mass is 9.99. The van der Waals surface area contributed by atoms with Gasteiger partial charge in [0.2, 0.25) is 0 Å². The van der Waals surface area contributed by atoms with Crippen LogP contribution >= 0.6 is 0 Å². The molecule has 0 aliphatic heterocycles. The predicted octanol–water partition coefficient (Wildman–Crippen LogP) is 4.09. The van der Waals surface area contributed by atoms with Gasteiger partial charge in [-0.15, -0.1) is 0 Å². The van der Waals surface area contributed by atoms with Gasteiger partial charge in [0.05, 0.1) is 12.2 Å². The van der Waals surface area contributed by atoms with Gasteiger partial charge in [0.1, 0.15) is 5.82 Å². The summed E-state index contributed by atoms with van der Waals surface area (Å²) >= 11 is 0. The van der Waals surface area contributed by atoms with Gasteiger partial charge in [-0.3, -0.25) is 4.79 Å². The molecule has 0 fully saturated rings. The normalized spacial score (nSPS) is 11.0. The molecule has 0 bridgehead atoms. The Kier molecular flexibility index (Phi) is 5.10. The Morgan fingerprint density at radius 3 is 2.36 bits per heavy atom. The number of hydrogen-bond acceptors (Lipinski definition) is 2. The largest absolute Gasteiger partial charge is 0.341 e. The molecule has 1 heterocycles. The topological polar surface area (TPSA) is 25.2 Å². The second-order valence-electron chi connectivity index (χ2n) is 6.32. The van der Waals surface area contributed by atoms with E-state index in [-0.39, 0.29) is 11.6 Å². The average molecular weight is 336 g/mol. The summed E-state index contributed by atoms with van der Waals surface area (Å²) in [5.41, 5.74) is 3.06. The Morgan fingerprint density at radius 1 is 0.960 bits per heavy atom. The maximum absolute atomic E-state index is 14.2. The number of halogens is 1. The fourth-order valence-corrected chi connectivity index (χ4v) is 2.96. The number of hydrogen-bond donors (Lipinski definition) is 0. The third kappa shape index (κ3) is 3.86. The van der Waals surface area contributed by atoms with E-state index in [9.17, 15) is 9.18 Å². The van der Waals surface area contributed by atoms with Crippen LogP contribution in [0.2, 0.25) is 0 Å². The van der Waals surface area contributed by atoms with E-state index in [1.54, 1.807) is 12.1 Å². The van der Waals surface area contributed by atoms with Crippen LogP contribution in [0.1, 0.15) is 16.1 Å². The van der Waals surface area contributed by atoms with Crippen molar-refractivity contribution in [2.45, 2.75) is 6.54 Å².